The first kappa shape index (κ1) is 18.4. The van der Waals surface area contributed by atoms with Crippen LogP contribution < -0.4 is 4.90 Å². The minimum atomic E-state index is -2.72. The monoisotopic (exact) mass is 403 g/mol. The average Bonchev–Trinajstić information content (AvgIpc) is 3.11. The Bertz CT molecular complexity index is 1000. The minimum Gasteiger partial charge on any atom is -0.348 e. The molecule has 1 saturated carbocycles. The van der Waals surface area contributed by atoms with Crippen LogP contribution in [0.3, 0.4) is 0 Å². The van der Waals surface area contributed by atoms with Gasteiger partial charge in [-0.1, -0.05) is 20.8 Å². The molecule has 1 saturated heterocycles. The summed E-state index contributed by atoms with van der Waals surface area (Å²) in [5.74, 6) is -1.36. The van der Waals surface area contributed by atoms with Crippen molar-refractivity contribution < 1.29 is 8.78 Å². The molecule has 0 amide bonds. The summed E-state index contributed by atoms with van der Waals surface area (Å²) < 4.78 is 29.6. The highest BCUT2D eigenvalue weighted by atomic mass is 19.3. The average molecular weight is 403 g/mol. The smallest absolute Gasteiger partial charge is 0.266 e. The van der Waals surface area contributed by atoms with Crippen molar-refractivity contribution in [2.45, 2.75) is 63.6 Å². The van der Waals surface area contributed by atoms with E-state index in [1.807, 2.05) is 25.3 Å². The second kappa shape index (κ2) is 5.96. The third-order valence-corrected chi connectivity index (χ3v) is 5.70. The van der Waals surface area contributed by atoms with Gasteiger partial charge in [-0.25, -0.2) is 23.7 Å². The Morgan fingerprint density at radius 1 is 1.14 bits per heavy atom. The predicted octanol–water partition coefficient (Wildman–Crippen LogP) is 3.91. The summed E-state index contributed by atoms with van der Waals surface area (Å²) in [7, 11) is 0. The number of fused-ring (bicyclic) bond motifs is 1. The largest absolute Gasteiger partial charge is 0.348 e. The third kappa shape index (κ3) is 3.16. The maximum Gasteiger partial charge on any atom is 0.266 e. The fourth-order valence-corrected chi connectivity index (χ4v) is 3.88. The van der Waals surface area contributed by atoms with Gasteiger partial charge in [0.1, 0.15) is 5.82 Å². The van der Waals surface area contributed by atoms with E-state index in [4.69, 9.17) is 4.98 Å². The standard InChI is InChI=1S/C18H23F2N9/c1-16(2,3)15-22-13(28-7-6-17(19,20)8-28)12-14(23-15)29(10-21-12)9-18(11-4-5-11)24-26-27-25-18/h10-11H,4-9H2,1-3H3. The van der Waals surface area contributed by atoms with Gasteiger partial charge in [-0.15, -0.1) is 10.2 Å². The maximum atomic E-state index is 13.9. The Kier molecular flexibility index (Phi) is 3.79. The molecule has 0 unspecified atom stereocenters. The number of nitrogens with zero attached hydrogens (tertiary/aromatic N) is 9. The van der Waals surface area contributed by atoms with E-state index < -0.39 is 11.6 Å². The zero-order valence-corrected chi connectivity index (χ0v) is 16.7. The lowest BCUT2D eigenvalue weighted by Gasteiger charge is -2.23. The zero-order valence-electron chi connectivity index (χ0n) is 16.7. The summed E-state index contributed by atoms with van der Waals surface area (Å²) in [6.45, 7) is 6.30. The first-order valence-corrected chi connectivity index (χ1v) is 9.87. The lowest BCUT2D eigenvalue weighted by atomic mass is 9.96. The highest BCUT2D eigenvalue weighted by Crippen LogP contribution is 2.46. The molecule has 29 heavy (non-hydrogen) atoms. The fourth-order valence-electron chi connectivity index (χ4n) is 3.88. The SMILES string of the molecule is CC(C)(C)c1nc(N2CCC(F)(F)C2)c2ncn(CC3(C4CC4)N=NN=N3)c2n1. The van der Waals surface area contributed by atoms with E-state index in [9.17, 15) is 8.78 Å². The van der Waals surface area contributed by atoms with Gasteiger partial charge >= 0.3 is 0 Å². The van der Waals surface area contributed by atoms with Gasteiger partial charge < -0.3 is 9.47 Å². The molecular weight excluding hydrogens is 380 g/mol. The zero-order chi connectivity index (χ0) is 20.4. The van der Waals surface area contributed by atoms with Gasteiger partial charge in [0.2, 0.25) is 5.66 Å². The molecule has 0 N–H and O–H groups in total. The Labute approximate surface area is 166 Å². The second-order valence-electron chi connectivity index (χ2n) is 9.22. The fraction of sp³-hybridized carbons (Fsp3) is 0.722. The van der Waals surface area contributed by atoms with Crippen LogP contribution in [0.4, 0.5) is 14.6 Å². The molecule has 11 heteroatoms. The molecule has 4 heterocycles. The van der Waals surface area contributed by atoms with E-state index in [1.54, 1.807) is 11.2 Å². The lowest BCUT2D eigenvalue weighted by molar-refractivity contribution is 0.0257. The Morgan fingerprint density at radius 2 is 1.86 bits per heavy atom. The van der Waals surface area contributed by atoms with Crippen LogP contribution in [0, 0.1) is 5.92 Å². The molecule has 0 atom stereocenters. The molecule has 5 rings (SSSR count). The summed E-state index contributed by atoms with van der Waals surface area (Å²) in [6.07, 6.45) is 3.54. The van der Waals surface area contributed by atoms with Crippen LogP contribution in [-0.2, 0) is 12.0 Å². The van der Waals surface area contributed by atoms with Crippen molar-refractivity contribution in [3.05, 3.63) is 12.2 Å². The van der Waals surface area contributed by atoms with Crippen LogP contribution in [0.2, 0.25) is 0 Å². The molecule has 2 fully saturated rings. The van der Waals surface area contributed by atoms with E-state index >= 15 is 0 Å². The predicted molar refractivity (Wildman–Crippen MR) is 101 cm³/mol. The van der Waals surface area contributed by atoms with Crippen LogP contribution in [0.15, 0.2) is 27.0 Å². The number of rotatable bonds is 4. The molecule has 1 aliphatic carbocycles. The normalized spacial score (nSPS) is 22.9. The lowest BCUT2D eigenvalue weighted by Crippen LogP contribution is -2.31. The summed E-state index contributed by atoms with van der Waals surface area (Å²) in [6, 6.07) is 0. The van der Waals surface area contributed by atoms with Crippen molar-refractivity contribution in [2.24, 2.45) is 26.6 Å². The van der Waals surface area contributed by atoms with Crippen LogP contribution in [0.25, 0.3) is 11.2 Å². The number of halogens is 2. The number of hydrogen-bond acceptors (Lipinski definition) is 8. The highest BCUT2D eigenvalue weighted by Gasteiger charge is 2.49. The van der Waals surface area contributed by atoms with Crippen molar-refractivity contribution in [2.75, 3.05) is 18.0 Å². The molecule has 154 valence electrons. The quantitative estimate of drug-likeness (QED) is 0.773. The van der Waals surface area contributed by atoms with Gasteiger partial charge in [-0.2, -0.15) is 0 Å². The summed E-state index contributed by atoms with van der Waals surface area (Å²) in [5, 5.41) is 16.1. The molecule has 0 bridgehead atoms. The van der Waals surface area contributed by atoms with Gasteiger partial charge in [-0.3, -0.25) is 0 Å². The first-order valence-electron chi connectivity index (χ1n) is 9.87. The van der Waals surface area contributed by atoms with Crippen molar-refractivity contribution in [3.63, 3.8) is 0 Å². The van der Waals surface area contributed by atoms with Gasteiger partial charge in [0.15, 0.2) is 17.0 Å². The van der Waals surface area contributed by atoms with Crippen molar-refractivity contribution in [3.8, 4) is 0 Å². The molecule has 2 aliphatic heterocycles. The molecule has 3 aliphatic rings. The number of hydrogen-bond donors (Lipinski definition) is 0. The highest BCUT2D eigenvalue weighted by molar-refractivity contribution is 5.84. The van der Waals surface area contributed by atoms with Gasteiger partial charge in [0, 0.05) is 24.3 Å². The van der Waals surface area contributed by atoms with Crippen molar-refractivity contribution in [1.82, 2.24) is 19.5 Å². The van der Waals surface area contributed by atoms with Gasteiger partial charge in [0.25, 0.3) is 5.92 Å². The Balaban J connectivity index is 1.61. The summed E-state index contributed by atoms with van der Waals surface area (Å²) in [4.78, 5) is 15.5. The Morgan fingerprint density at radius 3 is 2.45 bits per heavy atom. The number of alkyl halides is 2. The summed E-state index contributed by atoms with van der Waals surface area (Å²) >= 11 is 0. The topological polar surface area (TPSA) is 96.3 Å². The van der Waals surface area contributed by atoms with E-state index in [0.717, 1.165) is 12.8 Å². The van der Waals surface area contributed by atoms with Crippen LogP contribution in [-0.4, -0.2) is 44.2 Å². The third-order valence-electron chi connectivity index (χ3n) is 5.70. The maximum absolute atomic E-state index is 13.9. The first-order chi connectivity index (χ1) is 13.7. The Hall–Kier alpha value is -2.59. The van der Waals surface area contributed by atoms with E-state index in [-0.39, 0.29) is 24.9 Å². The number of anilines is 1. The molecule has 0 radical (unpaired) electrons. The molecule has 9 nitrogen and oxygen atoms in total. The van der Waals surface area contributed by atoms with E-state index in [0.29, 0.717) is 35.3 Å². The van der Waals surface area contributed by atoms with Crippen molar-refractivity contribution >= 4 is 17.0 Å². The van der Waals surface area contributed by atoms with Crippen LogP contribution >= 0.6 is 0 Å². The molecule has 0 spiro atoms. The molecule has 0 aromatic carbocycles. The minimum absolute atomic E-state index is 0.185. The van der Waals surface area contributed by atoms with Crippen molar-refractivity contribution in [1.29, 1.82) is 0 Å². The molecule has 2 aromatic heterocycles. The van der Waals surface area contributed by atoms with Crippen LogP contribution in [0.5, 0.6) is 0 Å². The molecular formula is C18H23F2N9. The second-order valence-corrected chi connectivity index (χ2v) is 9.22. The van der Waals surface area contributed by atoms with Crippen LogP contribution in [0.1, 0.15) is 45.9 Å². The summed E-state index contributed by atoms with van der Waals surface area (Å²) in [5.41, 5.74) is 0.0590. The van der Waals surface area contributed by atoms with E-state index in [2.05, 4.69) is 30.6 Å². The number of imidazole rings is 1. The van der Waals surface area contributed by atoms with Gasteiger partial charge in [0.05, 0.1) is 19.4 Å². The molecule has 2 aromatic rings. The van der Waals surface area contributed by atoms with E-state index in [1.165, 1.54) is 0 Å². The van der Waals surface area contributed by atoms with Gasteiger partial charge in [-0.05, 0) is 23.3 Å². The number of aromatic nitrogens is 4.